The van der Waals surface area contributed by atoms with Crippen molar-refractivity contribution in [2.75, 3.05) is 0 Å². The van der Waals surface area contributed by atoms with Crippen LogP contribution < -0.4 is 5.32 Å². The zero-order valence-electron chi connectivity index (χ0n) is 7.72. The summed E-state index contributed by atoms with van der Waals surface area (Å²) >= 11 is 0. The van der Waals surface area contributed by atoms with Gasteiger partial charge in [0.05, 0.1) is 6.04 Å². The highest BCUT2D eigenvalue weighted by Gasteiger charge is 2.10. The molecule has 2 heterocycles. The third kappa shape index (κ3) is 3.20. The van der Waals surface area contributed by atoms with Gasteiger partial charge in [-0.05, 0) is 30.7 Å². The molecule has 1 aliphatic heterocycles. The zero-order valence-corrected chi connectivity index (χ0v) is 9.35. The molecule has 1 aromatic rings. The molecule has 2 rings (SSSR count). The summed E-state index contributed by atoms with van der Waals surface area (Å²) in [7, 11) is 0. The van der Waals surface area contributed by atoms with Crippen molar-refractivity contribution in [3.8, 4) is 0 Å². The molecule has 0 amide bonds. The van der Waals surface area contributed by atoms with Gasteiger partial charge in [-0.2, -0.15) is 0 Å². The average Bonchev–Trinajstić information content (AvgIpc) is 2.21. The van der Waals surface area contributed by atoms with Gasteiger partial charge in [-0.15, -0.1) is 24.8 Å². The van der Waals surface area contributed by atoms with Crippen LogP contribution in [0.15, 0.2) is 36.8 Å². The zero-order chi connectivity index (χ0) is 8.23. The first kappa shape index (κ1) is 13.3. The summed E-state index contributed by atoms with van der Waals surface area (Å²) in [5, 5.41) is 3.31. The van der Waals surface area contributed by atoms with Gasteiger partial charge < -0.3 is 5.32 Å². The van der Waals surface area contributed by atoms with Crippen LogP contribution in [0, 0.1) is 0 Å². The van der Waals surface area contributed by atoms with E-state index in [9.17, 15) is 0 Å². The highest BCUT2D eigenvalue weighted by Crippen LogP contribution is 2.19. The number of aromatic nitrogens is 1. The smallest absolute Gasteiger partial charge is 0.0526 e. The van der Waals surface area contributed by atoms with E-state index in [2.05, 4.69) is 22.4 Å². The minimum absolute atomic E-state index is 0. The van der Waals surface area contributed by atoms with Crippen molar-refractivity contribution in [3.05, 3.63) is 42.4 Å². The molecular formula is C10H14Cl2N2. The van der Waals surface area contributed by atoms with Crippen LogP contribution in [-0.4, -0.2) is 4.98 Å². The van der Waals surface area contributed by atoms with Crippen LogP contribution in [0.5, 0.6) is 0 Å². The predicted molar refractivity (Wildman–Crippen MR) is 63.0 cm³/mol. The quantitative estimate of drug-likeness (QED) is 0.806. The van der Waals surface area contributed by atoms with Crippen molar-refractivity contribution in [1.29, 1.82) is 0 Å². The second-order valence-electron chi connectivity index (χ2n) is 2.99. The van der Waals surface area contributed by atoms with Gasteiger partial charge in [0.15, 0.2) is 0 Å². The highest BCUT2D eigenvalue weighted by molar-refractivity contribution is 5.85. The van der Waals surface area contributed by atoms with E-state index < -0.39 is 0 Å². The second-order valence-corrected chi connectivity index (χ2v) is 2.99. The van der Waals surface area contributed by atoms with Crippen LogP contribution in [0.1, 0.15) is 24.4 Å². The minimum Gasteiger partial charge on any atom is -0.384 e. The molecule has 0 aromatic carbocycles. The van der Waals surface area contributed by atoms with Crippen molar-refractivity contribution in [2.24, 2.45) is 0 Å². The highest BCUT2D eigenvalue weighted by atomic mass is 35.5. The lowest BCUT2D eigenvalue weighted by Gasteiger charge is -2.19. The number of rotatable bonds is 1. The van der Waals surface area contributed by atoms with E-state index >= 15 is 0 Å². The predicted octanol–water partition coefficient (Wildman–Crippen LogP) is 2.86. The third-order valence-electron chi connectivity index (χ3n) is 2.12. The fourth-order valence-electron chi connectivity index (χ4n) is 1.46. The number of pyridine rings is 1. The van der Waals surface area contributed by atoms with Gasteiger partial charge in [0, 0.05) is 12.4 Å². The Morgan fingerprint density at radius 3 is 2.79 bits per heavy atom. The van der Waals surface area contributed by atoms with Crippen LogP contribution >= 0.6 is 24.8 Å². The Bertz CT molecular complexity index is 275. The molecule has 1 atom stereocenters. The summed E-state index contributed by atoms with van der Waals surface area (Å²) in [5.41, 5.74) is 1.28. The van der Waals surface area contributed by atoms with Crippen LogP contribution in [0.3, 0.4) is 0 Å². The molecule has 0 aliphatic carbocycles. The van der Waals surface area contributed by atoms with Gasteiger partial charge in [-0.3, -0.25) is 4.98 Å². The third-order valence-corrected chi connectivity index (χ3v) is 2.12. The summed E-state index contributed by atoms with van der Waals surface area (Å²) in [4.78, 5) is 4.10. The second kappa shape index (κ2) is 6.68. The standard InChI is InChI=1S/C10H12N2.2ClH/c1-2-7-12-10(5-1)9-4-3-6-11-8-9;;/h2-4,6-8,10,12H,1,5H2;2*1H. The number of nitrogens with one attached hydrogen (secondary N) is 1. The van der Waals surface area contributed by atoms with Gasteiger partial charge in [0.25, 0.3) is 0 Å². The molecule has 0 saturated heterocycles. The van der Waals surface area contributed by atoms with E-state index in [0.29, 0.717) is 6.04 Å². The Morgan fingerprint density at radius 1 is 1.36 bits per heavy atom. The molecule has 0 fully saturated rings. The maximum Gasteiger partial charge on any atom is 0.0526 e. The van der Waals surface area contributed by atoms with Gasteiger partial charge >= 0.3 is 0 Å². The van der Waals surface area contributed by atoms with Gasteiger partial charge in [-0.25, -0.2) is 0 Å². The lowest BCUT2D eigenvalue weighted by atomic mass is 10.0. The Labute approximate surface area is 96.6 Å². The fraction of sp³-hybridized carbons (Fsp3) is 0.300. The summed E-state index contributed by atoms with van der Waals surface area (Å²) in [5.74, 6) is 0. The van der Waals surface area contributed by atoms with Gasteiger partial charge in [-0.1, -0.05) is 12.1 Å². The van der Waals surface area contributed by atoms with Gasteiger partial charge in [0.2, 0.25) is 0 Å². The van der Waals surface area contributed by atoms with Crippen molar-refractivity contribution in [2.45, 2.75) is 18.9 Å². The minimum atomic E-state index is 0. The summed E-state index contributed by atoms with van der Waals surface area (Å²) in [6, 6.07) is 4.56. The maximum absolute atomic E-state index is 4.10. The molecule has 14 heavy (non-hydrogen) atoms. The number of hydrogen-bond acceptors (Lipinski definition) is 2. The molecule has 4 heteroatoms. The molecular weight excluding hydrogens is 219 g/mol. The number of allylic oxidation sites excluding steroid dienone is 1. The number of nitrogens with zero attached hydrogens (tertiary/aromatic N) is 1. The fourth-order valence-corrected chi connectivity index (χ4v) is 1.46. The number of halogens is 2. The van der Waals surface area contributed by atoms with Crippen molar-refractivity contribution in [1.82, 2.24) is 10.3 Å². The average molecular weight is 233 g/mol. The maximum atomic E-state index is 4.10. The van der Waals surface area contributed by atoms with Crippen LogP contribution in [0.2, 0.25) is 0 Å². The van der Waals surface area contributed by atoms with Crippen molar-refractivity contribution < 1.29 is 0 Å². The molecule has 2 nitrogen and oxygen atoms in total. The van der Waals surface area contributed by atoms with Crippen molar-refractivity contribution in [3.63, 3.8) is 0 Å². The van der Waals surface area contributed by atoms with Crippen LogP contribution in [0.25, 0.3) is 0 Å². The summed E-state index contributed by atoms with van der Waals surface area (Å²) < 4.78 is 0. The molecule has 0 bridgehead atoms. The first-order valence-electron chi connectivity index (χ1n) is 4.28. The van der Waals surface area contributed by atoms with E-state index in [1.807, 2.05) is 24.7 Å². The molecule has 0 radical (unpaired) electrons. The Morgan fingerprint density at radius 2 is 2.21 bits per heavy atom. The first-order chi connectivity index (χ1) is 5.97. The van der Waals surface area contributed by atoms with E-state index in [4.69, 9.17) is 0 Å². The molecule has 78 valence electrons. The topological polar surface area (TPSA) is 24.9 Å². The molecule has 1 N–H and O–H groups in total. The van der Waals surface area contributed by atoms with E-state index in [1.54, 1.807) is 0 Å². The van der Waals surface area contributed by atoms with Gasteiger partial charge in [0.1, 0.15) is 0 Å². The van der Waals surface area contributed by atoms with Crippen LogP contribution in [-0.2, 0) is 0 Å². The summed E-state index contributed by atoms with van der Waals surface area (Å²) in [6.07, 6.45) is 10.3. The number of hydrogen-bond donors (Lipinski definition) is 1. The lowest BCUT2D eigenvalue weighted by molar-refractivity contribution is 0.551. The van der Waals surface area contributed by atoms with E-state index in [-0.39, 0.29) is 24.8 Å². The SMILES string of the molecule is C1=CNC(c2cccnc2)CC1.Cl.Cl. The Balaban J connectivity index is 0.000000845. The van der Waals surface area contributed by atoms with E-state index in [1.165, 1.54) is 12.0 Å². The monoisotopic (exact) mass is 232 g/mol. The Hall–Kier alpha value is -0.730. The normalized spacial score (nSPS) is 18.7. The Kier molecular flexibility index (Phi) is 6.34. The van der Waals surface area contributed by atoms with E-state index in [0.717, 1.165) is 6.42 Å². The van der Waals surface area contributed by atoms with Crippen LogP contribution in [0.4, 0.5) is 0 Å². The molecule has 0 saturated carbocycles. The summed E-state index contributed by atoms with van der Waals surface area (Å²) in [6.45, 7) is 0. The van der Waals surface area contributed by atoms with Crippen molar-refractivity contribution >= 4 is 24.8 Å². The molecule has 1 aliphatic rings. The first-order valence-corrected chi connectivity index (χ1v) is 4.28. The largest absolute Gasteiger partial charge is 0.384 e. The molecule has 1 aromatic heterocycles. The lowest BCUT2D eigenvalue weighted by Crippen LogP contribution is -2.18. The molecule has 1 unspecified atom stereocenters. The molecule has 0 spiro atoms.